The molecule has 40 heavy (non-hydrogen) atoms. The van der Waals surface area contributed by atoms with E-state index in [0.717, 1.165) is 28.3 Å². The Morgan fingerprint density at radius 1 is 0.475 bits per heavy atom. The van der Waals surface area contributed by atoms with E-state index in [1.807, 2.05) is 6.08 Å². The molecule has 0 amide bonds. The van der Waals surface area contributed by atoms with Gasteiger partial charge in [0.2, 0.25) is 0 Å². The summed E-state index contributed by atoms with van der Waals surface area (Å²) in [6.45, 7) is 3.90. The molecular weight excluding hydrogens is 484 g/mol. The molecule has 0 saturated heterocycles. The molecule has 0 spiro atoms. The highest BCUT2D eigenvalue weighted by molar-refractivity contribution is 6.11. The van der Waals surface area contributed by atoms with Crippen LogP contribution in [0.15, 0.2) is 158 Å². The van der Waals surface area contributed by atoms with Gasteiger partial charge in [-0.05, 0) is 83.4 Å². The minimum absolute atomic E-state index is 1.12. The zero-order valence-corrected chi connectivity index (χ0v) is 22.1. The van der Waals surface area contributed by atoms with Crippen molar-refractivity contribution in [1.29, 1.82) is 0 Å². The molecule has 0 radical (unpaired) electrons. The van der Waals surface area contributed by atoms with Crippen molar-refractivity contribution < 1.29 is 0 Å². The Hall–Kier alpha value is -5.34. The third kappa shape index (κ3) is 4.16. The van der Waals surface area contributed by atoms with Crippen molar-refractivity contribution in [3.8, 4) is 16.8 Å². The summed E-state index contributed by atoms with van der Waals surface area (Å²) < 4.78 is 2.37. The van der Waals surface area contributed by atoms with Gasteiger partial charge in [0.25, 0.3) is 0 Å². The predicted octanol–water partition coefficient (Wildman–Crippen LogP) is 10.6. The predicted molar refractivity (Wildman–Crippen MR) is 171 cm³/mol. The number of para-hydroxylation sites is 3. The summed E-state index contributed by atoms with van der Waals surface area (Å²) in [5.74, 6) is 0. The molecule has 0 aliphatic heterocycles. The molecule has 7 rings (SSSR count). The molecule has 0 atom stereocenters. The van der Waals surface area contributed by atoms with Crippen LogP contribution < -0.4 is 4.90 Å². The lowest BCUT2D eigenvalue weighted by Gasteiger charge is -2.25. The molecule has 0 fully saturated rings. The van der Waals surface area contributed by atoms with E-state index in [2.05, 4.69) is 168 Å². The Kier molecular flexibility index (Phi) is 5.99. The highest BCUT2D eigenvalue weighted by Gasteiger charge is 2.17. The normalized spacial score (nSPS) is 11.1. The maximum atomic E-state index is 3.90. The van der Waals surface area contributed by atoms with Crippen LogP contribution in [0.3, 0.4) is 0 Å². The minimum atomic E-state index is 1.12. The standard InChI is InChI=1S/C38H28N2/c1-2-28-18-20-29(21-19-28)30-22-24-37-35(26-30)36-27-34(23-25-38(36)40(37)33-16-10-5-11-17-33)39(31-12-6-3-7-13-31)32-14-8-4-9-15-32/h2-27H,1H2. The lowest BCUT2D eigenvalue weighted by Crippen LogP contribution is -2.09. The van der Waals surface area contributed by atoms with Gasteiger partial charge in [-0.25, -0.2) is 0 Å². The summed E-state index contributed by atoms with van der Waals surface area (Å²) in [6, 6.07) is 54.0. The molecule has 0 saturated carbocycles. The summed E-state index contributed by atoms with van der Waals surface area (Å²) in [5.41, 5.74) is 10.4. The fourth-order valence-corrected chi connectivity index (χ4v) is 5.60. The van der Waals surface area contributed by atoms with Gasteiger partial charge in [0, 0.05) is 33.5 Å². The largest absolute Gasteiger partial charge is 0.310 e. The molecule has 0 aliphatic carbocycles. The van der Waals surface area contributed by atoms with Gasteiger partial charge in [0.05, 0.1) is 11.0 Å². The minimum Gasteiger partial charge on any atom is -0.310 e. The molecule has 6 aromatic carbocycles. The van der Waals surface area contributed by atoms with E-state index in [-0.39, 0.29) is 0 Å². The van der Waals surface area contributed by atoms with Gasteiger partial charge in [-0.3, -0.25) is 0 Å². The van der Waals surface area contributed by atoms with Crippen LogP contribution in [0, 0.1) is 0 Å². The van der Waals surface area contributed by atoms with Crippen molar-refractivity contribution in [2.45, 2.75) is 0 Å². The average Bonchev–Trinajstić information content (AvgIpc) is 3.36. The van der Waals surface area contributed by atoms with Crippen LogP contribution in [0.25, 0.3) is 44.7 Å². The van der Waals surface area contributed by atoms with E-state index in [1.165, 1.54) is 32.9 Å². The average molecular weight is 513 g/mol. The van der Waals surface area contributed by atoms with E-state index in [1.54, 1.807) is 0 Å². The van der Waals surface area contributed by atoms with Crippen molar-refractivity contribution >= 4 is 44.9 Å². The summed E-state index contributed by atoms with van der Waals surface area (Å²) in [4.78, 5) is 2.32. The third-order valence-corrected chi connectivity index (χ3v) is 7.53. The van der Waals surface area contributed by atoms with E-state index in [9.17, 15) is 0 Å². The molecule has 0 unspecified atom stereocenters. The number of hydrogen-bond acceptors (Lipinski definition) is 1. The van der Waals surface area contributed by atoms with Gasteiger partial charge in [-0.1, -0.05) is 97.6 Å². The second kappa shape index (κ2) is 10.1. The van der Waals surface area contributed by atoms with Crippen molar-refractivity contribution in [3.63, 3.8) is 0 Å². The zero-order chi connectivity index (χ0) is 26.9. The Labute approximate surface area is 234 Å². The number of nitrogens with zero attached hydrogens (tertiary/aromatic N) is 2. The number of aromatic nitrogens is 1. The van der Waals surface area contributed by atoms with Crippen LogP contribution in [0.4, 0.5) is 17.1 Å². The monoisotopic (exact) mass is 512 g/mol. The highest BCUT2D eigenvalue weighted by Crippen LogP contribution is 2.40. The van der Waals surface area contributed by atoms with Gasteiger partial charge in [0.1, 0.15) is 0 Å². The first-order valence-corrected chi connectivity index (χ1v) is 13.6. The maximum absolute atomic E-state index is 3.90. The molecule has 0 bridgehead atoms. The van der Waals surface area contributed by atoms with Gasteiger partial charge >= 0.3 is 0 Å². The maximum Gasteiger partial charge on any atom is 0.0542 e. The van der Waals surface area contributed by atoms with Gasteiger partial charge < -0.3 is 9.47 Å². The van der Waals surface area contributed by atoms with Crippen LogP contribution in [0.5, 0.6) is 0 Å². The molecule has 1 aromatic heterocycles. The molecule has 0 N–H and O–H groups in total. The van der Waals surface area contributed by atoms with Gasteiger partial charge in [0.15, 0.2) is 0 Å². The van der Waals surface area contributed by atoms with Crippen molar-refractivity contribution in [2.75, 3.05) is 4.90 Å². The second-order valence-corrected chi connectivity index (χ2v) is 9.94. The first-order valence-electron chi connectivity index (χ1n) is 13.6. The fraction of sp³-hybridized carbons (Fsp3) is 0. The van der Waals surface area contributed by atoms with E-state index in [0.29, 0.717) is 0 Å². The lowest BCUT2D eigenvalue weighted by molar-refractivity contribution is 1.18. The Balaban J connectivity index is 1.49. The molecule has 7 aromatic rings. The fourth-order valence-electron chi connectivity index (χ4n) is 5.60. The quantitative estimate of drug-likeness (QED) is 0.215. The molecule has 2 nitrogen and oxygen atoms in total. The first kappa shape index (κ1) is 23.8. The van der Waals surface area contributed by atoms with Crippen LogP contribution in [0.2, 0.25) is 0 Å². The van der Waals surface area contributed by atoms with E-state index in [4.69, 9.17) is 0 Å². The summed E-state index contributed by atoms with van der Waals surface area (Å²) in [7, 11) is 0. The van der Waals surface area contributed by atoms with Crippen LogP contribution in [0.1, 0.15) is 5.56 Å². The van der Waals surface area contributed by atoms with Crippen LogP contribution in [-0.2, 0) is 0 Å². The highest BCUT2D eigenvalue weighted by atomic mass is 15.1. The molecule has 1 heterocycles. The van der Waals surface area contributed by atoms with Gasteiger partial charge in [-0.15, -0.1) is 0 Å². The Morgan fingerprint density at radius 2 is 1.00 bits per heavy atom. The van der Waals surface area contributed by atoms with Crippen LogP contribution in [-0.4, -0.2) is 4.57 Å². The van der Waals surface area contributed by atoms with E-state index < -0.39 is 0 Å². The Morgan fingerprint density at radius 3 is 1.60 bits per heavy atom. The first-order chi connectivity index (χ1) is 19.8. The Bertz CT molecular complexity index is 1900. The second-order valence-electron chi connectivity index (χ2n) is 9.94. The molecule has 0 aliphatic rings. The van der Waals surface area contributed by atoms with Crippen molar-refractivity contribution in [2.24, 2.45) is 0 Å². The number of hydrogen-bond donors (Lipinski definition) is 0. The number of anilines is 3. The van der Waals surface area contributed by atoms with Crippen molar-refractivity contribution in [3.05, 3.63) is 164 Å². The summed E-state index contributed by atoms with van der Waals surface area (Å²) >= 11 is 0. The molecule has 2 heteroatoms. The van der Waals surface area contributed by atoms with Crippen LogP contribution >= 0.6 is 0 Å². The molecular formula is C38H28N2. The number of fused-ring (bicyclic) bond motifs is 3. The number of benzene rings is 6. The third-order valence-electron chi connectivity index (χ3n) is 7.53. The summed E-state index contributed by atoms with van der Waals surface area (Å²) in [6.07, 6.45) is 1.88. The topological polar surface area (TPSA) is 8.17 Å². The van der Waals surface area contributed by atoms with Crippen molar-refractivity contribution in [1.82, 2.24) is 4.57 Å². The number of rotatable bonds is 6. The SMILES string of the molecule is C=Cc1ccc(-c2ccc3c(c2)c2cc(N(c4ccccc4)c4ccccc4)ccc2n3-c2ccccc2)cc1. The zero-order valence-electron chi connectivity index (χ0n) is 22.1. The summed E-state index contributed by atoms with van der Waals surface area (Å²) in [5, 5.41) is 2.45. The lowest BCUT2D eigenvalue weighted by atomic mass is 10.0. The van der Waals surface area contributed by atoms with Gasteiger partial charge in [-0.2, -0.15) is 0 Å². The smallest absolute Gasteiger partial charge is 0.0542 e. The molecule has 190 valence electrons. The van der Waals surface area contributed by atoms with E-state index >= 15 is 0 Å².